The summed E-state index contributed by atoms with van der Waals surface area (Å²) < 4.78 is 0. The van der Waals surface area contributed by atoms with Gasteiger partial charge in [0.25, 0.3) is 0 Å². The second kappa shape index (κ2) is 7.81. The number of rotatable bonds is 6. The maximum Gasteiger partial charge on any atom is 0.0643 e. The van der Waals surface area contributed by atoms with Crippen molar-refractivity contribution in [2.45, 2.75) is 83.6 Å². The minimum absolute atomic E-state index is 0.0564. The lowest BCUT2D eigenvalue weighted by Crippen LogP contribution is -2.56. The summed E-state index contributed by atoms with van der Waals surface area (Å²) in [6, 6.07) is 16.5. The van der Waals surface area contributed by atoms with Crippen molar-refractivity contribution >= 4 is 10.8 Å². The molecule has 0 saturated heterocycles. The maximum absolute atomic E-state index is 4.46. The molecule has 8 rings (SSSR count). The molecule has 1 nitrogen and oxygen atoms in total. The third-order valence-corrected chi connectivity index (χ3v) is 10.8. The minimum Gasteiger partial charge on any atom is -0.306 e. The molecule has 4 fully saturated rings. The molecule has 1 heteroatoms. The van der Waals surface area contributed by atoms with E-state index >= 15 is 0 Å². The molecule has 0 aliphatic heterocycles. The van der Waals surface area contributed by atoms with Crippen molar-refractivity contribution in [3.63, 3.8) is 0 Å². The Labute approximate surface area is 216 Å². The monoisotopic (exact) mass is 473 g/mol. The van der Waals surface area contributed by atoms with Gasteiger partial charge in [0.15, 0.2) is 0 Å². The van der Waals surface area contributed by atoms with Gasteiger partial charge >= 0.3 is 0 Å². The van der Waals surface area contributed by atoms with Crippen LogP contribution < -0.4 is 5.32 Å². The summed E-state index contributed by atoms with van der Waals surface area (Å²) in [5, 5.41) is 7.22. The topological polar surface area (TPSA) is 12.0 Å². The van der Waals surface area contributed by atoms with Crippen LogP contribution in [0.1, 0.15) is 83.6 Å². The van der Waals surface area contributed by atoms with Crippen LogP contribution in [-0.2, 0) is 5.54 Å². The second-order valence-corrected chi connectivity index (χ2v) is 12.9. The van der Waals surface area contributed by atoms with E-state index in [4.69, 9.17) is 0 Å². The zero-order valence-electron chi connectivity index (χ0n) is 22.1. The fraction of sp³-hybridized carbons (Fsp3) is 0.486. The Morgan fingerprint density at radius 2 is 1.17 bits per heavy atom. The Hall–Kier alpha value is -2.38. The lowest BCUT2D eigenvalue weighted by atomic mass is 9.60. The van der Waals surface area contributed by atoms with Crippen LogP contribution in [-0.4, -0.2) is 6.54 Å². The normalized spacial score (nSPS) is 23.6. The van der Waals surface area contributed by atoms with Crippen LogP contribution in [0.4, 0.5) is 0 Å². The fourth-order valence-corrected chi connectivity index (χ4v) is 9.35. The molecule has 0 radical (unpaired) electrons. The molecule has 0 unspecified atom stereocenters. The predicted octanol–water partition coefficient (Wildman–Crippen LogP) is 8.68. The van der Waals surface area contributed by atoms with Crippen LogP contribution in [0.25, 0.3) is 10.8 Å². The van der Waals surface area contributed by atoms with Gasteiger partial charge in [-0.1, -0.05) is 94.8 Å². The van der Waals surface area contributed by atoms with Crippen LogP contribution >= 0.6 is 0 Å². The van der Waals surface area contributed by atoms with Gasteiger partial charge in [-0.15, -0.1) is 0 Å². The lowest BCUT2D eigenvalue weighted by Gasteiger charge is -2.50. The van der Waals surface area contributed by atoms with E-state index in [1.165, 1.54) is 75.0 Å². The molecule has 6 aliphatic carbocycles. The third-order valence-electron chi connectivity index (χ3n) is 10.8. The number of allylic oxidation sites excluding steroid dienone is 4. The smallest absolute Gasteiger partial charge is 0.0643 e. The number of hydrogen-bond donors (Lipinski definition) is 1. The Bertz CT molecular complexity index is 1310. The summed E-state index contributed by atoms with van der Waals surface area (Å²) in [6.45, 7) is 5.87. The first-order valence-corrected chi connectivity index (χ1v) is 14.7. The number of nitrogens with one attached hydrogen (secondary N) is 1. The number of benzene rings is 2. The molecular formula is C35H39N. The average molecular weight is 474 g/mol. The van der Waals surface area contributed by atoms with Gasteiger partial charge in [0, 0.05) is 11.8 Å². The molecule has 6 aliphatic rings. The van der Waals surface area contributed by atoms with Crippen molar-refractivity contribution < 1.29 is 0 Å². The molecule has 8 bridgehead atoms. The van der Waals surface area contributed by atoms with Gasteiger partial charge in [-0.3, -0.25) is 0 Å². The molecule has 1 N–H and O–H groups in total. The highest BCUT2D eigenvalue weighted by Gasteiger charge is 2.58. The van der Waals surface area contributed by atoms with Crippen molar-refractivity contribution in [1.82, 2.24) is 5.32 Å². The van der Waals surface area contributed by atoms with Crippen molar-refractivity contribution in [1.29, 1.82) is 0 Å². The molecule has 184 valence electrons. The van der Waals surface area contributed by atoms with Crippen molar-refractivity contribution in [2.75, 3.05) is 6.54 Å². The second-order valence-electron chi connectivity index (χ2n) is 12.9. The van der Waals surface area contributed by atoms with E-state index in [0.717, 1.165) is 6.54 Å². The van der Waals surface area contributed by atoms with Gasteiger partial charge < -0.3 is 5.32 Å². The Morgan fingerprint density at radius 3 is 1.67 bits per heavy atom. The quantitative estimate of drug-likeness (QED) is 0.414. The molecule has 0 atom stereocenters. The molecule has 0 spiro atoms. The highest BCUT2D eigenvalue weighted by Crippen LogP contribution is 2.65. The molecular weight excluding hydrogens is 434 g/mol. The largest absolute Gasteiger partial charge is 0.306 e. The van der Waals surface area contributed by atoms with E-state index in [0.29, 0.717) is 17.8 Å². The molecule has 36 heavy (non-hydrogen) atoms. The Kier molecular flexibility index (Phi) is 4.70. The van der Waals surface area contributed by atoms with E-state index in [1.54, 1.807) is 5.56 Å². The van der Waals surface area contributed by atoms with Crippen LogP contribution in [0.15, 0.2) is 87.0 Å². The summed E-state index contributed by atoms with van der Waals surface area (Å²) in [6.07, 6.45) is 13.1. The standard InChI is InChI=1S/C35H39N/c1-21(2)20-36-35(28-12-11-22-5-3-4-6-23(22)19-28,33-29-13-14-30(33)25-8-7-24(29)17-25)34-31-15-16-32(34)27-10-9-26(31)18-27/h3-6,11-12,19,21,33-34,36H,7-10,13-18,20H2,1-2H3. The van der Waals surface area contributed by atoms with Gasteiger partial charge in [0.05, 0.1) is 5.54 Å². The molecule has 2 aromatic carbocycles. The number of fused-ring (bicyclic) bond motifs is 9. The van der Waals surface area contributed by atoms with E-state index in [9.17, 15) is 0 Å². The van der Waals surface area contributed by atoms with Gasteiger partial charge in [-0.25, -0.2) is 0 Å². The Balaban J connectivity index is 1.43. The van der Waals surface area contributed by atoms with Crippen molar-refractivity contribution in [3.8, 4) is 0 Å². The van der Waals surface area contributed by atoms with Gasteiger partial charge in [-0.05, 0) is 99.1 Å². The zero-order chi connectivity index (χ0) is 24.0. The lowest BCUT2D eigenvalue weighted by molar-refractivity contribution is 0.202. The van der Waals surface area contributed by atoms with E-state index in [-0.39, 0.29) is 5.54 Å². The molecule has 2 aromatic rings. The van der Waals surface area contributed by atoms with Gasteiger partial charge in [0.1, 0.15) is 0 Å². The van der Waals surface area contributed by atoms with Crippen LogP contribution in [0.3, 0.4) is 0 Å². The first kappa shape index (κ1) is 21.7. The first-order valence-electron chi connectivity index (χ1n) is 14.7. The van der Waals surface area contributed by atoms with E-state index in [1.807, 2.05) is 44.6 Å². The Morgan fingerprint density at radius 1 is 0.667 bits per heavy atom. The van der Waals surface area contributed by atoms with Crippen molar-refractivity contribution in [2.24, 2.45) is 17.8 Å². The minimum atomic E-state index is -0.0564. The zero-order valence-corrected chi connectivity index (χ0v) is 22.1. The van der Waals surface area contributed by atoms with E-state index in [2.05, 4.69) is 61.6 Å². The fourth-order valence-electron chi connectivity index (χ4n) is 9.35. The van der Waals surface area contributed by atoms with Crippen molar-refractivity contribution in [3.05, 3.63) is 92.6 Å². The van der Waals surface area contributed by atoms with Gasteiger partial charge in [0.2, 0.25) is 0 Å². The highest BCUT2D eigenvalue weighted by atomic mass is 15.0. The summed E-state index contributed by atoms with van der Waals surface area (Å²) in [5.74, 6) is 1.72. The van der Waals surface area contributed by atoms with Crippen LogP contribution in [0, 0.1) is 17.8 Å². The molecule has 0 heterocycles. The van der Waals surface area contributed by atoms with Crippen LogP contribution in [0.5, 0.6) is 0 Å². The number of hydrogen-bond acceptors (Lipinski definition) is 1. The summed E-state index contributed by atoms with van der Waals surface area (Å²) >= 11 is 0. The molecule has 4 saturated carbocycles. The average Bonchev–Trinajstić information content (AvgIpc) is 3.63. The predicted molar refractivity (Wildman–Crippen MR) is 150 cm³/mol. The summed E-state index contributed by atoms with van der Waals surface area (Å²) in [5.41, 5.74) is 16.1. The van der Waals surface area contributed by atoms with E-state index < -0.39 is 0 Å². The summed E-state index contributed by atoms with van der Waals surface area (Å²) in [4.78, 5) is 0. The SMILES string of the molecule is CC(C)CNC(c1ccc2ccccc2c1)(C1C2=C3CCC(=C1CC2)C3)C1C2=C3CCC(=C1CC2)C3. The van der Waals surface area contributed by atoms with Crippen LogP contribution in [0.2, 0.25) is 0 Å². The molecule has 0 aromatic heterocycles. The van der Waals surface area contributed by atoms with Gasteiger partial charge in [-0.2, -0.15) is 0 Å². The third kappa shape index (κ3) is 2.87. The maximum atomic E-state index is 4.46. The highest BCUT2D eigenvalue weighted by molar-refractivity contribution is 5.83. The first-order chi connectivity index (χ1) is 17.6. The molecule has 0 amide bonds. The summed E-state index contributed by atoms with van der Waals surface area (Å²) in [7, 11) is 0.